The zero-order valence-corrected chi connectivity index (χ0v) is 16.2. The highest BCUT2D eigenvalue weighted by molar-refractivity contribution is 7.92. The molecule has 0 unspecified atom stereocenters. The van der Waals surface area contributed by atoms with Gasteiger partial charge in [-0.15, -0.1) is 0 Å². The Morgan fingerprint density at radius 3 is 2.64 bits per heavy atom. The van der Waals surface area contributed by atoms with Crippen LogP contribution < -0.4 is 9.62 Å². The number of aromatic amines is 1. The van der Waals surface area contributed by atoms with E-state index in [1.165, 1.54) is 10.6 Å². The third kappa shape index (κ3) is 3.63. The molecule has 0 aliphatic carbocycles. The molecule has 0 saturated heterocycles. The van der Waals surface area contributed by atoms with Gasteiger partial charge in [0.15, 0.2) is 0 Å². The second-order valence-corrected chi connectivity index (χ2v) is 8.66. The normalized spacial score (nSPS) is 13.8. The van der Waals surface area contributed by atoms with Gasteiger partial charge in [0.2, 0.25) is 10.0 Å². The Balaban J connectivity index is 1.53. The number of amides is 1. The van der Waals surface area contributed by atoms with E-state index in [1.54, 1.807) is 30.6 Å². The van der Waals surface area contributed by atoms with Gasteiger partial charge < -0.3 is 10.3 Å². The highest BCUT2D eigenvalue weighted by Gasteiger charge is 2.24. The Morgan fingerprint density at radius 2 is 1.96 bits per heavy atom. The van der Waals surface area contributed by atoms with Gasteiger partial charge in [0.1, 0.15) is 5.82 Å². The number of carbonyl (C=O) groups excluding carboxylic acids is 1. The minimum Gasteiger partial charge on any atom is -0.345 e. The van der Waals surface area contributed by atoms with Crippen molar-refractivity contribution >= 4 is 27.3 Å². The molecule has 0 bridgehead atoms. The zero-order valence-electron chi connectivity index (χ0n) is 15.3. The number of hydrogen-bond acceptors (Lipinski definition) is 4. The maximum atomic E-state index is 12.6. The predicted octanol–water partition coefficient (Wildman–Crippen LogP) is 3.04. The lowest BCUT2D eigenvalue weighted by atomic mass is 10.0. The van der Waals surface area contributed by atoms with Crippen molar-refractivity contribution in [3.05, 3.63) is 66.0 Å². The molecule has 7 nitrogen and oxygen atoms in total. The number of fused-ring (bicyclic) bond motifs is 1. The summed E-state index contributed by atoms with van der Waals surface area (Å²) in [6, 6.07) is 12.5. The zero-order chi connectivity index (χ0) is 19.7. The molecule has 28 heavy (non-hydrogen) atoms. The molecule has 144 valence electrons. The lowest BCUT2D eigenvalue weighted by Crippen LogP contribution is -2.34. The largest absolute Gasteiger partial charge is 0.345 e. The molecule has 1 aliphatic rings. The van der Waals surface area contributed by atoms with E-state index in [2.05, 4.69) is 15.3 Å². The summed E-state index contributed by atoms with van der Waals surface area (Å²) in [6.07, 6.45) is 6.13. The number of carbonyl (C=O) groups is 1. The van der Waals surface area contributed by atoms with Crippen molar-refractivity contribution in [2.75, 3.05) is 22.4 Å². The maximum absolute atomic E-state index is 12.6. The van der Waals surface area contributed by atoms with Crippen molar-refractivity contribution in [3.8, 4) is 11.4 Å². The minimum atomic E-state index is -3.32. The number of sulfonamides is 1. The number of aromatic nitrogens is 2. The van der Waals surface area contributed by atoms with Crippen LogP contribution in [0.4, 0.5) is 11.4 Å². The smallest absolute Gasteiger partial charge is 0.255 e. The van der Waals surface area contributed by atoms with Gasteiger partial charge in [0.25, 0.3) is 5.91 Å². The van der Waals surface area contributed by atoms with Gasteiger partial charge in [-0.05, 0) is 60.9 Å². The molecule has 1 aliphatic heterocycles. The van der Waals surface area contributed by atoms with Gasteiger partial charge in [-0.2, -0.15) is 0 Å². The van der Waals surface area contributed by atoms with Crippen LogP contribution >= 0.6 is 0 Å². The summed E-state index contributed by atoms with van der Waals surface area (Å²) in [7, 11) is -3.32. The van der Waals surface area contributed by atoms with Crippen molar-refractivity contribution in [2.45, 2.75) is 12.8 Å². The van der Waals surface area contributed by atoms with E-state index in [1.807, 2.05) is 24.3 Å². The number of nitrogens with one attached hydrogen (secondary N) is 2. The van der Waals surface area contributed by atoms with Crippen LogP contribution in [0.1, 0.15) is 22.3 Å². The summed E-state index contributed by atoms with van der Waals surface area (Å²) >= 11 is 0. The first-order valence-electron chi connectivity index (χ1n) is 8.93. The van der Waals surface area contributed by atoms with Crippen LogP contribution in [0, 0.1) is 0 Å². The van der Waals surface area contributed by atoms with Crippen molar-refractivity contribution in [1.82, 2.24) is 9.97 Å². The molecule has 1 aromatic heterocycles. The van der Waals surface area contributed by atoms with E-state index in [4.69, 9.17) is 0 Å². The first-order valence-corrected chi connectivity index (χ1v) is 10.8. The average molecular weight is 396 g/mol. The SMILES string of the molecule is CS(=O)(=O)N1CCCc2cc(C(=O)Nc3ccc(-c4ncc[nH]4)cc3)ccc21. The molecule has 0 radical (unpaired) electrons. The van der Waals surface area contributed by atoms with Crippen molar-refractivity contribution in [2.24, 2.45) is 0 Å². The second kappa shape index (κ2) is 7.12. The fraction of sp³-hybridized carbons (Fsp3) is 0.200. The quantitative estimate of drug-likeness (QED) is 0.709. The number of imidazole rings is 1. The Hall–Kier alpha value is -3.13. The van der Waals surface area contributed by atoms with Gasteiger partial charge in [0.05, 0.1) is 11.9 Å². The average Bonchev–Trinajstić information content (AvgIpc) is 3.21. The highest BCUT2D eigenvalue weighted by Crippen LogP contribution is 2.30. The van der Waals surface area contributed by atoms with Gasteiger partial charge >= 0.3 is 0 Å². The summed E-state index contributed by atoms with van der Waals surface area (Å²) in [6.45, 7) is 0.472. The van der Waals surface area contributed by atoms with E-state index in [0.717, 1.165) is 29.8 Å². The molecule has 0 spiro atoms. The second-order valence-electron chi connectivity index (χ2n) is 6.75. The Kier molecular flexibility index (Phi) is 4.64. The van der Waals surface area contributed by atoms with Crippen molar-refractivity contribution < 1.29 is 13.2 Å². The van der Waals surface area contributed by atoms with Gasteiger partial charge in [-0.3, -0.25) is 9.10 Å². The molecule has 0 atom stereocenters. The number of benzene rings is 2. The number of rotatable bonds is 4. The van der Waals surface area contributed by atoms with E-state index in [9.17, 15) is 13.2 Å². The van der Waals surface area contributed by atoms with Crippen LogP contribution in [0.5, 0.6) is 0 Å². The fourth-order valence-corrected chi connectivity index (χ4v) is 4.38. The monoisotopic (exact) mass is 396 g/mol. The first-order chi connectivity index (χ1) is 13.4. The maximum Gasteiger partial charge on any atom is 0.255 e. The molecule has 0 fully saturated rings. The summed E-state index contributed by atoms with van der Waals surface area (Å²) in [4.78, 5) is 19.9. The standard InChI is InChI=1S/C20H20N4O3S/c1-28(26,27)24-12-2-3-15-13-16(6-9-18(15)24)20(25)23-17-7-4-14(5-8-17)19-21-10-11-22-19/h4-11,13H,2-3,12H2,1H3,(H,21,22)(H,23,25). The van der Waals surface area contributed by atoms with Crippen molar-refractivity contribution in [1.29, 1.82) is 0 Å². The number of hydrogen-bond donors (Lipinski definition) is 2. The Labute approximate surface area is 163 Å². The first kappa shape index (κ1) is 18.2. The van der Waals surface area contributed by atoms with Crippen molar-refractivity contribution in [3.63, 3.8) is 0 Å². The lowest BCUT2D eigenvalue weighted by Gasteiger charge is -2.29. The van der Waals surface area contributed by atoms with E-state index < -0.39 is 10.0 Å². The molecular weight excluding hydrogens is 376 g/mol. The number of nitrogens with zero attached hydrogens (tertiary/aromatic N) is 2. The minimum absolute atomic E-state index is 0.231. The van der Waals surface area contributed by atoms with E-state index >= 15 is 0 Å². The fourth-order valence-electron chi connectivity index (χ4n) is 3.39. The van der Waals surface area contributed by atoms with E-state index in [-0.39, 0.29) is 5.91 Å². The molecule has 0 saturated carbocycles. The summed E-state index contributed by atoms with van der Waals surface area (Å²) in [5.41, 5.74) is 3.64. The molecule has 3 aromatic rings. The molecule has 2 heterocycles. The number of H-pyrrole nitrogens is 1. The van der Waals surface area contributed by atoms with Gasteiger partial charge in [0, 0.05) is 35.8 Å². The molecule has 8 heteroatoms. The summed E-state index contributed by atoms with van der Waals surface area (Å²) in [5.74, 6) is 0.535. The van der Waals surface area contributed by atoms with Crippen LogP contribution in [0.25, 0.3) is 11.4 Å². The third-order valence-corrected chi connectivity index (χ3v) is 5.91. The predicted molar refractivity (Wildman–Crippen MR) is 109 cm³/mol. The molecule has 2 aromatic carbocycles. The number of anilines is 2. The Morgan fingerprint density at radius 1 is 1.18 bits per heavy atom. The van der Waals surface area contributed by atoms with Crippen LogP contribution in [0.3, 0.4) is 0 Å². The van der Waals surface area contributed by atoms with E-state index in [0.29, 0.717) is 23.5 Å². The molecule has 4 rings (SSSR count). The molecule has 2 N–H and O–H groups in total. The topological polar surface area (TPSA) is 95.2 Å². The highest BCUT2D eigenvalue weighted by atomic mass is 32.2. The molecule has 1 amide bonds. The summed E-state index contributed by atoms with van der Waals surface area (Å²) in [5, 5.41) is 2.88. The Bertz CT molecular complexity index is 1110. The van der Waals surface area contributed by atoms with Crippen LogP contribution in [0.2, 0.25) is 0 Å². The van der Waals surface area contributed by atoms with Gasteiger partial charge in [-0.1, -0.05) is 0 Å². The van der Waals surface area contributed by atoms with Crippen LogP contribution in [-0.2, 0) is 16.4 Å². The lowest BCUT2D eigenvalue weighted by molar-refractivity contribution is 0.102. The number of aryl methyl sites for hydroxylation is 1. The summed E-state index contributed by atoms with van der Waals surface area (Å²) < 4.78 is 25.3. The molecular formula is C20H20N4O3S. The van der Waals surface area contributed by atoms with Crippen LogP contribution in [0.15, 0.2) is 54.9 Å². The van der Waals surface area contributed by atoms with Gasteiger partial charge in [-0.25, -0.2) is 13.4 Å². The third-order valence-electron chi connectivity index (χ3n) is 4.73. The van der Waals surface area contributed by atoms with Crippen LogP contribution in [-0.4, -0.2) is 37.1 Å².